The summed E-state index contributed by atoms with van der Waals surface area (Å²) < 4.78 is 0.513. The molecule has 1 saturated heterocycles. The van der Waals surface area contributed by atoms with Crippen molar-refractivity contribution in [3.63, 3.8) is 0 Å². The van der Waals surface area contributed by atoms with Gasteiger partial charge in [-0.1, -0.05) is 0 Å². The van der Waals surface area contributed by atoms with Crippen LogP contribution in [0.5, 0.6) is 0 Å². The number of benzene rings is 1. The first-order valence-corrected chi connectivity index (χ1v) is 6.74. The number of piperidine rings is 1. The number of likely N-dealkylation sites (tertiary alicyclic amines) is 1. The first-order valence-electron chi connectivity index (χ1n) is 5.95. The maximum atomic E-state index is 10.9. The highest BCUT2D eigenvalue weighted by Gasteiger charge is 2.18. The van der Waals surface area contributed by atoms with Crippen molar-refractivity contribution in [1.82, 2.24) is 4.90 Å². The minimum atomic E-state index is -0.373. The lowest BCUT2D eigenvalue weighted by Crippen LogP contribution is -2.39. The first-order chi connectivity index (χ1) is 8.56. The summed E-state index contributed by atoms with van der Waals surface area (Å²) in [6.07, 6.45) is 2.26. The van der Waals surface area contributed by atoms with Crippen molar-refractivity contribution in [3.05, 3.63) is 32.8 Å². The minimum Gasteiger partial charge on any atom is -0.381 e. The largest absolute Gasteiger partial charge is 0.381 e. The summed E-state index contributed by atoms with van der Waals surface area (Å²) in [4.78, 5) is 12.8. The molecule has 5 nitrogen and oxygen atoms in total. The van der Waals surface area contributed by atoms with Crippen molar-refractivity contribution < 1.29 is 4.92 Å². The van der Waals surface area contributed by atoms with E-state index >= 15 is 0 Å². The quantitative estimate of drug-likeness (QED) is 0.688. The van der Waals surface area contributed by atoms with Crippen LogP contribution in [0.1, 0.15) is 12.8 Å². The predicted molar refractivity (Wildman–Crippen MR) is 74.9 cm³/mol. The molecule has 0 aromatic heterocycles. The Labute approximate surface area is 114 Å². The summed E-state index contributed by atoms with van der Waals surface area (Å²) in [6.45, 7) is 2.10. The molecule has 1 aromatic carbocycles. The molecule has 98 valence electrons. The molecule has 0 spiro atoms. The molecule has 1 N–H and O–H groups in total. The van der Waals surface area contributed by atoms with Gasteiger partial charge in [0, 0.05) is 24.3 Å². The SMILES string of the molecule is CN1CCCC(Nc2ccc(Br)c([N+](=O)[O-])c2)C1. The van der Waals surface area contributed by atoms with Crippen LogP contribution >= 0.6 is 15.9 Å². The Balaban J connectivity index is 2.09. The van der Waals surface area contributed by atoms with Crippen LogP contribution < -0.4 is 5.32 Å². The van der Waals surface area contributed by atoms with Crippen LogP contribution in [-0.2, 0) is 0 Å². The van der Waals surface area contributed by atoms with Crippen LogP contribution in [0.4, 0.5) is 11.4 Å². The summed E-state index contributed by atoms with van der Waals surface area (Å²) in [6, 6.07) is 5.53. The van der Waals surface area contributed by atoms with Crippen LogP contribution in [0.2, 0.25) is 0 Å². The zero-order valence-electron chi connectivity index (χ0n) is 10.2. The van der Waals surface area contributed by atoms with Gasteiger partial charge in [-0.05, 0) is 54.5 Å². The second kappa shape index (κ2) is 5.67. The number of anilines is 1. The highest BCUT2D eigenvalue weighted by atomic mass is 79.9. The molecule has 18 heavy (non-hydrogen) atoms. The zero-order chi connectivity index (χ0) is 13.1. The fraction of sp³-hybridized carbons (Fsp3) is 0.500. The maximum Gasteiger partial charge on any atom is 0.285 e. The standard InChI is InChI=1S/C12H16BrN3O2/c1-15-6-2-3-10(8-15)14-9-4-5-11(13)12(7-9)16(17)18/h4-5,7,10,14H,2-3,6,8H2,1H3. The summed E-state index contributed by atoms with van der Waals surface area (Å²) in [5.41, 5.74) is 0.911. The second-order valence-electron chi connectivity index (χ2n) is 4.67. The van der Waals surface area contributed by atoms with Crippen molar-refractivity contribution >= 4 is 27.3 Å². The van der Waals surface area contributed by atoms with E-state index in [2.05, 4.69) is 33.2 Å². The number of nitro groups is 1. The fourth-order valence-corrected chi connectivity index (χ4v) is 2.65. The van der Waals surface area contributed by atoms with Crippen molar-refractivity contribution in [2.24, 2.45) is 0 Å². The number of nitro benzene ring substituents is 1. The third-order valence-corrected chi connectivity index (χ3v) is 3.81. The highest BCUT2D eigenvalue weighted by molar-refractivity contribution is 9.10. The molecular formula is C12H16BrN3O2. The molecule has 1 atom stereocenters. The number of likely N-dealkylation sites (N-methyl/N-ethyl adjacent to an activating group) is 1. The van der Waals surface area contributed by atoms with E-state index in [0.29, 0.717) is 10.5 Å². The number of nitrogens with zero attached hydrogens (tertiary/aromatic N) is 2. The normalized spacial score (nSPS) is 20.7. The Bertz CT molecular complexity index is 453. The summed E-state index contributed by atoms with van der Waals surface area (Å²) in [7, 11) is 2.10. The minimum absolute atomic E-state index is 0.101. The molecule has 1 unspecified atom stereocenters. The predicted octanol–water partition coefficient (Wildman–Crippen LogP) is 2.86. The Kier molecular flexibility index (Phi) is 4.19. The lowest BCUT2D eigenvalue weighted by atomic mass is 10.1. The second-order valence-corrected chi connectivity index (χ2v) is 5.52. The van der Waals surface area contributed by atoms with Gasteiger partial charge < -0.3 is 10.2 Å². The van der Waals surface area contributed by atoms with Gasteiger partial charge in [-0.25, -0.2) is 0 Å². The lowest BCUT2D eigenvalue weighted by molar-refractivity contribution is -0.385. The molecule has 1 heterocycles. The van der Waals surface area contributed by atoms with Gasteiger partial charge in [-0.15, -0.1) is 0 Å². The average Bonchev–Trinajstić information content (AvgIpc) is 2.31. The van der Waals surface area contributed by atoms with Crippen molar-refractivity contribution in [3.8, 4) is 0 Å². The van der Waals surface area contributed by atoms with Gasteiger partial charge in [-0.2, -0.15) is 0 Å². The lowest BCUT2D eigenvalue weighted by Gasteiger charge is -2.30. The molecule has 1 aromatic rings. The first kappa shape index (κ1) is 13.3. The van der Waals surface area contributed by atoms with Crippen molar-refractivity contribution in [1.29, 1.82) is 0 Å². The topological polar surface area (TPSA) is 58.4 Å². The molecule has 0 radical (unpaired) electrons. The van der Waals surface area contributed by atoms with E-state index in [4.69, 9.17) is 0 Å². The van der Waals surface area contributed by atoms with Gasteiger partial charge in [0.25, 0.3) is 5.69 Å². The molecule has 1 aliphatic rings. The van der Waals surface area contributed by atoms with E-state index in [0.717, 1.165) is 31.6 Å². The van der Waals surface area contributed by atoms with Gasteiger partial charge in [0.1, 0.15) is 0 Å². The average molecular weight is 314 g/mol. The summed E-state index contributed by atoms with van der Waals surface area (Å²) in [5.74, 6) is 0. The van der Waals surface area contributed by atoms with Gasteiger partial charge in [0.05, 0.1) is 9.40 Å². The van der Waals surface area contributed by atoms with Crippen LogP contribution in [0.15, 0.2) is 22.7 Å². The number of halogens is 1. The molecule has 2 rings (SSSR count). The Morgan fingerprint density at radius 2 is 2.33 bits per heavy atom. The van der Waals surface area contributed by atoms with Gasteiger partial charge in [0.2, 0.25) is 0 Å². The molecule has 0 amide bonds. The fourth-order valence-electron chi connectivity index (χ4n) is 2.26. The summed E-state index contributed by atoms with van der Waals surface area (Å²) >= 11 is 3.19. The zero-order valence-corrected chi connectivity index (χ0v) is 11.8. The molecular weight excluding hydrogens is 298 g/mol. The van der Waals surface area contributed by atoms with Crippen molar-refractivity contribution in [2.75, 3.05) is 25.5 Å². The van der Waals surface area contributed by atoms with Crippen molar-refractivity contribution in [2.45, 2.75) is 18.9 Å². The third-order valence-electron chi connectivity index (χ3n) is 3.14. The number of nitrogens with one attached hydrogen (secondary N) is 1. The number of hydrogen-bond donors (Lipinski definition) is 1. The molecule has 0 bridgehead atoms. The van der Waals surface area contributed by atoms with E-state index < -0.39 is 0 Å². The van der Waals surface area contributed by atoms with Gasteiger partial charge in [-0.3, -0.25) is 10.1 Å². The van der Waals surface area contributed by atoms with Crippen LogP contribution in [-0.4, -0.2) is 36.0 Å². The maximum absolute atomic E-state index is 10.9. The smallest absolute Gasteiger partial charge is 0.285 e. The molecule has 0 saturated carbocycles. The third kappa shape index (κ3) is 3.20. The van der Waals surface area contributed by atoms with Gasteiger partial charge in [0.15, 0.2) is 0 Å². The number of rotatable bonds is 3. The monoisotopic (exact) mass is 313 g/mol. The van der Waals surface area contributed by atoms with Crippen LogP contribution in [0, 0.1) is 10.1 Å². The Morgan fingerprint density at radius 1 is 1.56 bits per heavy atom. The Hall–Kier alpha value is -1.14. The highest BCUT2D eigenvalue weighted by Crippen LogP contribution is 2.28. The molecule has 6 heteroatoms. The van der Waals surface area contributed by atoms with E-state index in [1.54, 1.807) is 12.1 Å². The van der Waals surface area contributed by atoms with E-state index in [1.165, 1.54) is 0 Å². The van der Waals surface area contributed by atoms with Gasteiger partial charge >= 0.3 is 0 Å². The summed E-state index contributed by atoms with van der Waals surface area (Å²) in [5, 5.41) is 14.2. The molecule has 1 fully saturated rings. The van der Waals surface area contributed by atoms with E-state index in [-0.39, 0.29) is 10.6 Å². The van der Waals surface area contributed by atoms with Crippen LogP contribution in [0.25, 0.3) is 0 Å². The number of hydrogen-bond acceptors (Lipinski definition) is 4. The molecule has 1 aliphatic heterocycles. The van der Waals surface area contributed by atoms with E-state index in [9.17, 15) is 10.1 Å². The Morgan fingerprint density at radius 3 is 3.00 bits per heavy atom. The van der Waals surface area contributed by atoms with Crippen LogP contribution in [0.3, 0.4) is 0 Å². The molecule has 0 aliphatic carbocycles. The van der Waals surface area contributed by atoms with E-state index in [1.807, 2.05) is 6.07 Å².